The largest absolute Gasteiger partial charge is 0.370 e. The Morgan fingerprint density at radius 3 is 2.62 bits per heavy atom. The summed E-state index contributed by atoms with van der Waals surface area (Å²) in [6, 6.07) is 3.73. The molecule has 16 heavy (non-hydrogen) atoms. The Morgan fingerprint density at radius 2 is 2.06 bits per heavy atom. The summed E-state index contributed by atoms with van der Waals surface area (Å²) in [6.07, 6.45) is 2.36. The first-order chi connectivity index (χ1) is 7.71. The van der Waals surface area contributed by atoms with E-state index in [4.69, 9.17) is 17.3 Å². The highest BCUT2D eigenvalue weighted by Crippen LogP contribution is 2.17. The van der Waals surface area contributed by atoms with Crippen molar-refractivity contribution in [1.82, 2.24) is 4.98 Å². The number of halogens is 1. The second-order valence-corrected chi connectivity index (χ2v) is 4.30. The molecule has 1 aromatic heterocycles. The van der Waals surface area contributed by atoms with Crippen LogP contribution < -0.4 is 11.1 Å². The maximum absolute atomic E-state index is 5.94. The summed E-state index contributed by atoms with van der Waals surface area (Å²) in [4.78, 5) is 4.36. The molecule has 0 aliphatic carbocycles. The summed E-state index contributed by atoms with van der Waals surface area (Å²) in [5, 5.41) is 3.96. The van der Waals surface area contributed by atoms with Gasteiger partial charge in [0.1, 0.15) is 5.82 Å². The first-order valence-corrected chi connectivity index (χ1v) is 6.18. The lowest BCUT2D eigenvalue weighted by Crippen LogP contribution is -2.14. The summed E-state index contributed by atoms with van der Waals surface area (Å²) >= 11 is 5.94. The number of nitrogens with one attached hydrogen (secondary N) is 1. The summed E-state index contributed by atoms with van der Waals surface area (Å²) in [7, 11) is 0. The van der Waals surface area contributed by atoms with E-state index in [9.17, 15) is 0 Å². The minimum atomic E-state index is 0.374. The molecule has 1 aromatic rings. The van der Waals surface area contributed by atoms with E-state index in [0.29, 0.717) is 17.5 Å². The molecule has 0 saturated heterocycles. The lowest BCUT2D eigenvalue weighted by molar-refractivity contribution is 0.518. The molecular formula is C12H20ClN3. The van der Waals surface area contributed by atoms with Crippen LogP contribution in [0.4, 0.5) is 5.82 Å². The normalized spacial score (nSPS) is 10.8. The predicted octanol–water partition coefficient (Wildman–Crippen LogP) is 3.04. The summed E-state index contributed by atoms with van der Waals surface area (Å²) in [5.41, 5.74) is 6.30. The average molecular weight is 242 g/mol. The molecule has 90 valence electrons. The summed E-state index contributed by atoms with van der Waals surface area (Å²) in [5.74, 6) is 1.55. The third-order valence-corrected chi connectivity index (χ3v) is 3.18. The molecule has 0 bridgehead atoms. The van der Waals surface area contributed by atoms with E-state index >= 15 is 0 Å². The zero-order valence-electron chi connectivity index (χ0n) is 9.96. The lowest BCUT2D eigenvalue weighted by atomic mass is 10.0. The quantitative estimate of drug-likeness (QED) is 0.805. The van der Waals surface area contributed by atoms with Gasteiger partial charge in [-0.15, -0.1) is 0 Å². The van der Waals surface area contributed by atoms with Gasteiger partial charge in [-0.1, -0.05) is 38.3 Å². The fourth-order valence-corrected chi connectivity index (χ4v) is 1.73. The molecule has 0 saturated carbocycles. The van der Waals surface area contributed by atoms with E-state index in [0.717, 1.165) is 18.1 Å². The number of hydrogen-bond acceptors (Lipinski definition) is 3. The van der Waals surface area contributed by atoms with E-state index in [1.807, 2.05) is 12.1 Å². The maximum Gasteiger partial charge on any atom is 0.126 e. The number of rotatable bonds is 6. The van der Waals surface area contributed by atoms with Gasteiger partial charge in [-0.3, -0.25) is 0 Å². The smallest absolute Gasteiger partial charge is 0.126 e. The van der Waals surface area contributed by atoms with Crippen LogP contribution in [0, 0.1) is 5.92 Å². The van der Waals surface area contributed by atoms with Gasteiger partial charge < -0.3 is 11.1 Å². The van der Waals surface area contributed by atoms with E-state index in [1.54, 1.807) is 0 Å². The summed E-state index contributed by atoms with van der Waals surface area (Å²) in [6.45, 7) is 5.73. The fourth-order valence-electron chi connectivity index (χ4n) is 1.55. The van der Waals surface area contributed by atoms with Gasteiger partial charge in [0.15, 0.2) is 0 Å². The molecule has 0 atom stereocenters. The number of hydrogen-bond donors (Lipinski definition) is 2. The molecule has 1 heterocycles. The van der Waals surface area contributed by atoms with Crippen LogP contribution in [0.25, 0.3) is 0 Å². The number of anilines is 1. The van der Waals surface area contributed by atoms with E-state index in [-0.39, 0.29) is 0 Å². The number of pyridine rings is 1. The van der Waals surface area contributed by atoms with Crippen molar-refractivity contribution in [2.24, 2.45) is 11.7 Å². The van der Waals surface area contributed by atoms with Crippen molar-refractivity contribution in [2.75, 3.05) is 11.9 Å². The van der Waals surface area contributed by atoms with E-state index in [1.165, 1.54) is 12.8 Å². The van der Waals surface area contributed by atoms with Crippen LogP contribution >= 0.6 is 11.6 Å². The molecule has 0 aromatic carbocycles. The van der Waals surface area contributed by atoms with Gasteiger partial charge in [0, 0.05) is 13.1 Å². The Labute approximate surface area is 102 Å². The number of nitrogens with zero attached hydrogens (tertiary/aromatic N) is 1. The molecule has 3 nitrogen and oxygen atoms in total. The third-order valence-electron chi connectivity index (χ3n) is 2.84. The SMILES string of the molecule is CCC(CC)CNc1ccc(Cl)c(CN)n1. The zero-order chi connectivity index (χ0) is 12.0. The molecular weight excluding hydrogens is 222 g/mol. The van der Waals surface area contributed by atoms with Crippen molar-refractivity contribution in [3.05, 3.63) is 22.8 Å². The van der Waals surface area contributed by atoms with E-state index in [2.05, 4.69) is 24.1 Å². The predicted molar refractivity (Wildman–Crippen MR) is 69.7 cm³/mol. The molecule has 0 radical (unpaired) electrons. The highest BCUT2D eigenvalue weighted by atomic mass is 35.5. The minimum Gasteiger partial charge on any atom is -0.370 e. The Morgan fingerprint density at radius 1 is 1.38 bits per heavy atom. The monoisotopic (exact) mass is 241 g/mol. The second-order valence-electron chi connectivity index (χ2n) is 3.89. The van der Waals surface area contributed by atoms with Gasteiger partial charge in [0.25, 0.3) is 0 Å². The van der Waals surface area contributed by atoms with Gasteiger partial charge in [-0.25, -0.2) is 4.98 Å². The van der Waals surface area contributed by atoms with Gasteiger partial charge in [-0.2, -0.15) is 0 Å². The third kappa shape index (κ3) is 3.65. The minimum absolute atomic E-state index is 0.374. The average Bonchev–Trinajstić information content (AvgIpc) is 2.32. The van der Waals surface area contributed by atoms with Gasteiger partial charge in [0.05, 0.1) is 10.7 Å². The van der Waals surface area contributed by atoms with Crippen LogP contribution in [0.1, 0.15) is 32.4 Å². The van der Waals surface area contributed by atoms with Crippen molar-refractivity contribution in [1.29, 1.82) is 0 Å². The van der Waals surface area contributed by atoms with Crippen LogP contribution in [0.5, 0.6) is 0 Å². The molecule has 0 fully saturated rings. The van der Waals surface area contributed by atoms with Crippen molar-refractivity contribution >= 4 is 17.4 Å². The first-order valence-electron chi connectivity index (χ1n) is 5.80. The molecule has 0 spiro atoms. The molecule has 0 aliphatic rings. The molecule has 4 heteroatoms. The van der Waals surface area contributed by atoms with Crippen LogP contribution in [-0.4, -0.2) is 11.5 Å². The zero-order valence-corrected chi connectivity index (χ0v) is 10.7. The first kappa shape index (κ1) is 13.3. The Bertz CT molecular complexity index is 324. The summed E-state index contributed by atoms with van der Waals surface area (Å²) < 4.78 is 0. The molecule has 0 aliphatic heterocycles. The standard InChI is InChI=1S/C12H20ClN3/c1-3-9(4-2)8-15-12-6-5-10(13)11(7-14)16-12/h5-6,9H,3-4,7-8,14H2,1-2H3,(H,15,16). The molecule has 3 N–H and O–H groups in total. The van der Waals surface area contributed by atoms with Crippen LogP contribution in [0.2, 0.25) is 5.02 Å². The molecule has 0 unspecified atom stereocenters. The van der Waals surface area contributed by atoms with Gasteiger partial charge in [-0.05, 0) is 18.1 Å². The number of nitrogens with two attached hydrogens (primary N) is 1. The topological polar surface area (TPSA) is 50.9 Å². The van der Waals surface area contributed by atoms with Crippen molar-refractivity contribution in [2.45, 2.75) is 33.2 Å². The fraction of sp³-hybridized carbons (Fsp3) is 0.583. The molecule has 1 rings (SSSR count). The molecule has 0 amide bonds. The Hall–Kier alpha value is -0.800. The van der Waals surface area contributed by atoms with Crippen molar-refractivity contribution < 1.29 is 0 Å². The second kappa shape index (κ2) is 6.71. The number of aromatic nitrogens is 1. The highest BCUT2D eigenvalue weighted by molar-refractivity contribution is 6.31. The van der Waals surface area contributed by atoms with Gasteiger partial charge in [0.2, 0.25) is 0 Å². The van der Waals surface area contributed by atoms with Crippen LogP contribution in [0.15, 0.2) is 12.1 Å². The lowest BCUT2D eigenvalue weighted by Gasteiger charge is -2.14. The Kier molecular flexibility index (Phi) is 5.56. The van der Waals surface area contributed by atoms with Crippen molar-refractivity contribution in [3.63, 3.8) is 0 Å². The Balaban J connectivity index is 2.60. The van der Waals surface area contributed by atoms with E-state index < -0.39 is 0 Å². The highest BCUT2D eigenvalue weighted by Gasteiger charge is 2.05. The van der Waals surface area contributed by atoms with Crippen molar-refractivity contribution in [3.8, 4) is 0 Å². The van der Waals surface area contributed by atoms with Crippen LogP contribution in [-0.2, 0) is 6.54 Å². The van der Waals surface area contributed by atoms with Gasteiger partial charge >= 0.3 is 0 Å². The maximum atomic E-state index is 5.94. The van der Waals surface area contributed by atoms with Crippen LogP contribution in [0.3, 0.4) is 0 Å².